The van der Waals surface area contributed by atoms with Crippen molar-refractivity contribution in [1.82, 2.24) is 0 Å². The van der Waals surface area contributed by atoms with Crippen LogP contribution < -0.4 is 0 Å². The van der Waals surface area contributed by atoms with Crippen molar-refractivity contribution in [3.63, 3.8) is 0 Å². The molecule has 0 amide bonds. The minimum absolute atomic E-state index is 0.803. The summed E-state index contributed by atoms with van der Waals surface area (Å²) in [4.78, 5) is 8.75. The first-order chi connectivity index (χ1) is 11.4. The maximum atomic E-state index is 4.73. The van der Waals surface area contributed by atoms with Crippen LogP contribution in [0.2, 0.25) is 0 Å². The predicted octanol–water partition coefficient (Wildman–Crippen LogP) is 7.11. The highest BCUT2D eigenvalue weighted by Gasteiger charge is 2.35. The first kappa shape index (κ1) is 21.8. The van der Waals surface area contributed by atoms with Gasteiger partial charge < -0.3 is 0 Å². The molecule has 24 heavy (non-hydrogen) atoms. The molecule has 2 aliphatic rings. The molecule has 0 radical (unpaired) electrons. The van der Waals surface area contributed by atoms with E-state index in [1.54, 1.807) is 11.8 Å². The van der Waals surface area contributed by atoms with E-state index in [1.807, 2.05) is 35.3 Å². The first-order valence-corrected chi connectivity index (χ1v) is 13.5. The van der Waals surface area contributed by atoms with Crippen molar-refractivity contribution in [3.8, 4) is 0 Å². The fraction of sp³-hybridized carbons (Fsp3) is 0.375. The highest BCUT2D eigenvalue weighted by molar-refractivity contribution is 8.11. The van der Waals surface area contributed by atoms with E-state index in [1.165, 1.54) is 25.2 Å². The average molecular weight is 469 g/mol. The number of thioether (sulfide) groups is 4. The zero-order valence-corrected chi connectivity index (χ0v) is 20.7. The van der Waals surface area contributed by atoms with Gasteiger partial charge in [0.1, 0.15) is 0 Å². The SMILES string of the molecule is CCSC1=C(SCC)C(=C2C(S)=C(S)C(S)=C2S)C(SC)=C1SC. The molecule has 2 rings (SSSR count). The van der Waals surface area contributed by atoms with Crippen molar-refractivity contribution in [2.75, 3.05) is 24.0 Å². The molecule has 8 heteroatoms. The van der Waals surface area contributed by atoms with Crippen LogP contribution in [0.3, 0.4) is 0 Å². The lowest BCUT2D eigenvalue weighted by Crippen LogP contribution is -1.94. The third kappa shape index (κ3) is 3.86. The van der Waals surface area contributed by atoms with Crippen molar-refractivity contribution in [1.29, 1.82) is 0 Å². The van der Waals surface area contributed by atoms with Crippen LogP contribution in [0.25, 0.3) is 0 Å². The summed E-state index contributed by atoms with van der Waals surface area (Å²) in [5.74, 6) is 2.09. The van der Waals surface area contributed by atoms with Crippen LogP contribution in [-0.2, 0) is 0 Å². The molecule has 0 saturated heterocycles. The molecule has 0 heterocycles. The molecule has 0 aromatic heterocycles. The third-order valence-corrected chi connectivity index (χ3v) is 9.76. The van der Waals surface area contributed by atoms with Gasteiger partial charge in [-0.3, -0.25) is 0 Å². The Kier molecular flexibility index (Phi) is 8.74. The number of allylic oxidation sites excluding steroid dienone is 4. The van der Waals surface area contributed by atoms with Crippen molar-refractivity contribution in [2.24, 2.45) is 0 Å². The van der Waals surface area contributed by atoms with E-state index < -0.39 is 0 Å². The molecule has 0 nitrogen and oxygen atoms in total. The van der Waals surface area contributed by atoms with Crippen molar-refractivity contribution in [3.05, 3.63) is 50.4 Å². The highest BCUT2D eigenvalue weighted by Crippen LogP contribution is 2.58. The standard InChI is InChI=1S/C16H20S8/c1-5-23-14-8(7-9(17)11(19)12(20)10(7)18)13(21-3)15(22-4)16(14)24-6-2/h17-20H,5-6H2,1-4H3. The lowest BCUT2D eigenvalue weighted by atomic mass is 10.1. The van der Waals surface area contributed by atoms with Crippen LogP contribution in [0.1, 0.15) is 13.8 Å². The summed E-state index contributed by atoms with van der Waals surface area (Å²) in [5, 5.41) is 0. The molecule has 0 N–H and O–H groups in total. The van der Waals surface area contributed by atoms with Gasteiger partial charge in [0.15, 0.2) is 0 Å². The molecule has 0 saturated carbocycles. The van der Waals surface area contributed by atoms with Gasteiger partial charge in [0.05, 0.1) is 0 Å². The first-order valence-electron chi connectivity index (χ1n) is 7.27. The van der Waals surface area contributed by atoms with Gasteiger partial charge >= 0.3 is 0 Å². The highest BCUT2D eigenvalue weighted by atomic mass is 32.2. The Bertz CT molecular complexity index is 680. The second-order valence-electron chi connectivity index (χ2n) is 4.74. The van der Waals surface area contributed by atoms with E-state index in [4.69, 9.17) is 25.3 Å². The van der Waals surface area contributed by atoms with Crippen LogP contribution in [0.15, 0.2) is 50.4 Å². The van der Waals surface area contributed by atoms with Crippen LogP contribution in [-0.4, -0.2) is 24.0 Å². The second kappa shape index (κ2) is 9.62. The van der Waals surface area contributed by atoms with E-state index >= 15 is 0 Å². The molecule has 0 aromatic rings. The van der Waals surface area contributed by atoms with Gasteiger partial charge in [-0.05, 0) is 24.0 Å². The maximum absolute atomic E-state index is 4.73. The van der Waals surface area contributed by atoms with Crippen molar-refractivity contribution in [2.45, 2.75) is 13.8 Å². The summed E-state index contributed by atoms with van der Waals surface area (Å²) in [6.45, 7) is 4.40. The van der Waals surface area contributed by atoms with Gasteiger partial charge in [-0.25, -0.2) is 0 Å². The monoisotopic (exact) mass is 468 g/mol. The molecule has 0 unspecified atom stereocenters. The normalized spacial score (nSPS) is 19.0. The molecule has 0 fully saturated rings. The Hall–Kier alpha value is 1.50. The van der Waals surface area contributed by atoms with E-state index in [2.05, 4.69) is 51.6 Å². The third-order valence-electron chi connectivity index (χ3n) is 3.45. The van der Waals surface area contributed by atoms with Gasteiger partial charge in [-0.15, -0.1) is 97.6 Å². The number of hydrogen-bond donors (Lipinski definition) is 4. The molecule has 0 spiro atoms. The van der Waals surface area contributed by atoms with Gasteiger partial charge in [0.2, 0.25) is 0 Å². The lowest BCUT2D eigenvalue weighted by Gasteiger charge is -2.14. The molecule has 0 atom stereocenters. The smallest absolute Gasteiger partial charge is 0.0362 e. The quantitative estimate of drug-likeness (QED) is 0.307. The Morgan fingerprint density at radius 2 is 1.04 bits per heavy atom. The lowest BCUT2D eigenvalue weighted by molar-refractivity contribution is 1.51. The molecule has 132 valence electrons. The second-order valence-corrected chi connectivity index (χ2v) is 10.7. The summed E-state index contributed by atoms with van der Waals surface area (Å²) in [5.41, 5.74) is 2.32. The molecule has 0 bridgehead atoms. The number of thiol groups is 4. The average Bonchev–Trinajstić information content (AvgIpc) is 2.96. The fourth-order valence-corrected chi connectivity index (χ4v) is 8.26. The summed E-state index contributed by atoms with van der Waals surface area (Å²) < 4.78 is 0. The largest absolute Gasteiger partial charge is 0.142 e. The Morgan fingerprint density at radius 3 is 1.46 bits per heavy atom. The van der Waals surface area contributed by atoms with Crippen molar-refractivity contribution < 1.29 is 0 Å². The van der Waals surface area contributed by atoms with Crippen LogP contribution in [0, 0.1) is 0 Å². The molecule has 0 aliphatic heterocycles. The van der Waals surface area contributed by atoms with Crippen LogP contribution in [0.4, 0.5) is 0 Å². The van der Waals surface area contributed by atoms with Crippen LogP contribution >= 0.6 is 97.6 Å². The maximum Gasteiger partial charge on any atom is 0.0362 e. The van der Waals surface area contributed by atoms with Crippen molar-refractivity contribution >= 4 is 97.6 Å². The summed E-state index contributed by atoms with van der Waals surface area (Å²) in [6.07, 6.45) is 4.29. The summed E-state index contributed by atoms with van der Waals surface area (Å²) >= 11 is 26.0. The van der Waals surface area contributed by atoms with E-state index in [-0.39, 0.29) is 0 Å². The van der Waals surface area contributed by atoms with E-state index in [9.17, 15) is 0 Å². The topological polar surface area (TPSA) is 0 Å². The van der Waals surface area contributed by atoms with Gasteiger partial charge in [-0.2, -0.15) is 0 Å². The zero-order valence-electron chi connectivity index (χ0n) is 13.8. The van der Waals surface area contributed by atoms with Gasteiger partial charge in [-0.1, -0.05) is 13.8 Å². The van der Waals surface area contributed by atoms with E-state index in [0.717, 1.165) is 36.7 Å². The molecular formula is C16H20S8. The zero-order chi connectivity index (χ0) is 18.0. The summed E-state index contributed by atoms with van der Waals surface area (Å²) in [7, 11) is 0. The molecular weight excluding hydrogens is 449 g/mol. The Balaban J connectivity index is 2.84. The minimum Gasteiger partial charge on any atom is -0.142 e. The van der Waals surface area contributed by atoms with Gasteiger partial charge in [0, 0.05) is 50.4 Å². The van der Waals surface area contributed by atoms with Gasteiger partial charge in [0.25, 0.3) is 0 Å². The van der Waals surface area contributed by atoms with E-state index in [0.29, 0.717) is 0 Å². The summed E-state index contributed by atoms with van der Waals surface area (Å²) in [6, 6.07) is 0. The van der Waals surface area contributed by atoms with Crippen LogP contribution in [0.5, 0.6) is 0 Å². The molecule has 0 aromatic carbocycles. The predicted molar refractivity (Wildman–Crippen MR) is 134 cm³/mol. The fourth-order valence-electron chi connectivity index (χ4n) is 2.51. The Labute approximate surface area is 184 Å². The number of hydrogen-bond acceptors (Lipinski definition) is 8. The minimum atomic E-state index is 0.803. The Morgan fingerprint density at radius 1 is 0.583 bits per heavy atom. The number of rotatable bonds is 6. The molecule has 2 aliphatic carbocycles.